The lowest BCUT2D eigenvalue weighted by atomic mass is 9.90. The van der Waals surface area contributed by atoms with Gasteiger partial charge in [-0.05, 0) is 18.8 Å². The molecule has 1 N–H and O–H groups in total. The second kappa shape index (κ2) is 5.80. The van der Waals surface area contributed by atoms with Crippen molar-refractivity contribution in [3.05, 3.63) is 0 Å². The van der Waals surface area contributed by atoms with Gasteiger partial charge in [0.1, 0.15) is 5.71 Å². The molecule has 0 aromatic rings. The molecular weight excluding hydrogens is 220 g/mol. The van der Waals surface area contributed by atoms with Crippen LogP contribution in [0.2, 0.25) is 0 Å². The highest BCUT2D eigenvalue weighted by atomic mass is 16.5. The first-order chi connectivity index (χ1) is 8.25. The second-order valence-corrected chi connectivity index (χ2v) is 4.70. The van der Waals surface area contributed by atoms with E-state index in [-0.39, 0.29) is 11.9 Å². The quantitative estimate of drug-likeness (QED) is 0.755. The van der Waals surface area contributed by atoms with E-state index in [0.717, 1.165) is 12.8 Å². The average Bonchev–Trinajstić information content (AvgIpc) is 2.38. The van der Waals surface area contributed by atoms with Gasteiger partial charge in [0.2, 0.25) is 5.91 Å². The minimum absolute atomic E-state index is 0.145. The second-order valence-electron chi connectivity index (χ2n) is 4.70. The zero-order valence-electron chi connectivity index (χ0n) is 9.91. The third kappa shape index (κ3) is 3.54. The van der Waals surface area contributed by atoms with Gasteiger partial charge in [0.15, 0.2) is 0 Å². The maximum absolute atomic E-state index is 11.6. The highest BCUT2D eigenvalue weighted by Gasteiger charge is 2.21. The molecule has 0 bridgehead atoms. The lowest BCUT2D eigenvalue weighted by Crippen LogP contribution is -2.31. The van der Waals surface area contributed by atoms with Crippen molar-refractivity contribution in [2.45, 2.75) is 44.9 Å². The largest absolute Gasteiger partial charge is 0.461 e. The summed E-state index contributed by atoms with van der Waals surface area (Å²) in [6.07, 6.45) is 6.77. The molecular formula is C12H18N2O3. The van der Waals surface area contributed by atoms with E-state index in [1.165, 1.54) is 19.3 Å². The van der Waals surface area contributed by atoms with Crippen molar-refractivity contribution in [2.24, 2.45) is 11.0 Å². The Balaban J connectivity index is 1.75. The van der Waals surface area contributed by atoms with Crippen LogP contribution in [-0.2, 0) is 14.3 Å². The molecule has 2 aliphatic rings. The van der Waals surface area contributed by atoms with Crippen LogP contribution in [0.5, 0.6) is 0 Å². The monoisotopic (exact) mass is 238 g/mol. The number of ether oxygens (including phenoxy) is 1. The van der Waals surface area contributed by atoms with E-state index in [4.69, 9.17) is 4.74 Å². The fourth-order valence-electron chi connectivity index (χ4n) is 2.25. The Morgan fingerprint density at radius 1 is 1.29 bits per heavy atom. The van der Waals surface area contributed by atoms with E-state index in [0.29, 0.717) is 31.1 Å². The molecule has 1 aliphatic carbocycles. The number of carbonyl (C=O) groups excluding carboxylic acids is 2. The Labute approximate surface area is 101 Å². The summed E-state index contributed by atoms with van der Waals surface area (Å²) in [5.41, 5.74) is 2.63. The van der Waals surface area contributed by atoms with Crippen LogP contribution in [0.15, 0.2) is 5.10 Å². The van der Waals surface area contributed by atoms with Gasteiger partial charge < -0.3 is 4.74 Å². The summed E-state index contributed by atoms with van der Waals surface area (Å²) in [7, 11) is 0. The molecule has 94 valence electrons. The van der Waals surface area contributed by atoms with Crippen molar-refractivity contribution in [1.82, 2.24) is 5.43 Å². The molecule has 2 rings (SSSR count). The fraction of sp³-hybridized carbons (Fsp3) is 0.750. The Morgan fingerprint density at radius 2 is 2.06 bits per heavy atom. The maximum atomic E-state index is 11.6. The molecule has 0 spiro atoms. The lowest BCUT2D eigenvalue weighted by Gasteiger charge is -2.21. The third-order valence-corrected chi connectivity index (χ3v) is 3.31. The molecule has 1 aliphatic heterocycles. The van der Waals surface area contributed by atoms with Crippen LogP contribution in [0, 0.1) is 5.92 Å². The Kier molecular flexibility index (Phi) is 4.12. The van der Waals surface area contributed by atoms with Gasteiger partial charge in [0.05, 0.1) is 6.61 Å². The number of rotatable bonds is 3. The number of hydrogen-bond acceptors (Lipinski definition) is 4. The van der Waals surface area contributed by atoms with Gasteiger partial charge in [-0.1, -0.05) is 19.3 Å². The molecule has 5 nitrogen and oxygen atoms in total. The van der Waals surface area contributed by atoms with Crippen LogP contribution >= 0.6 is 0 Å². The van der Waals surface area contributed by atoms with Gasteiger partial charge in [0.25, 0.3) is 0 Å². The number of hydrazone groups is 1. The lowest BCUT2D eigenvalue weighted by molar-refractivity contribution is -0.137. The first-order valence-corrected chi connectivity index (χ1v) is 6.28. The highest BCUT2D eigenvalue weighted by molar-refractivity contribution is 6.37. The normalized spacial score (nSPS) is 21.6. The van der Waals surface area contributed by atoms with E-state index in [9.17, 15) is 9.59 Å². The summed E-state index contributed by atoms with van der Waals surface area (Å²) in [6, 6.07) is 0. The predicted octanol–water partition coefficient (Wildman–Crippen LogP) is 1.38. The van der Waals surface area contributed by atoms with E-state index >= 15 is 0 Å². The predicted molar refractivity (Wildman–Crippen MR) is 62.3 cm³/mol. The number of carbonyl (C=O) groups is 2. The van der Waals surface area contributed by atoms with Gasteiger partial charge in [-0.15, -0.1) is 0 Å². The highest BCUT2D eigenvalue weighted by Crippen LogP contribution is 2.23. The van der Waals surface area contributed by atoms with Crippen LogP contribution in [0.1, 0.15) is 44.9 Å². The first-order valence-electron chi connectivity index (χ1n) is 6.28. The molecule has 5 heteroatoms. The van der Waals surface area contributed by atoms with E-state index in [2.05, 4.69) is 10.5 Å². The number of nitrogens with zero attached hydrogens (tertiary/aromatic N) is 1. The molecule has 0 atom stereocenters. The molecule has 1 heterocycles. The van der Waals surface area contributed by atoms with Crippen molar-refractivity contribution in [2.75, 3.05) is 6.61 Å². The topological polar surface area (TPSA) is 67.8 Å². The van der Waals surface area contributed by atoms with E-state index in [1.807, 2.05) is 0 Å². The van der Waals surface area contributed by atoms with Crippen molar-refractivity contribution in [1.29, 1.82) is 0 Å². The van der Waals surface area contributed by atoms with E-state index in [1.54, 1.807) is 0 Å². The number of nitrogens with one attached hydrogen (secondary N) is 1. The minimum Gasteiger partial charge on any atom is -0.461 e. The molecule has 0 unspecified atom stereocenters. The fourth-order valence-corrected chi connectivity index (χ4v) is 2.25. The van der Waals surface area contributed by atoms with Crippen molar-refractivity contribution >= 4 is 17.6 Å². The summed E-state index contributed by atoms with van der Waals surface area (Å²) in [4.78, 5) is 22.5. The Hall–Kier alpha value is -1.39. The molecule has 1 amide bonds. The summed E-state index contributed by atoms with van der Waals surface area (Å²) < 4.78 is 5.24. The standard InChI is InChI=1S/C12H18N2O3/c15-11-7-6-10(13-14-11)12(16)17-8-9-4-2-1-3-5-9/h9H,1-8H2,(H,14,15). The Bertz CT molecular complexity index is 333. The zero-order chi connectivity index (χ0) is 12.1. The van der Waals surface area contributed by atoms with Gasteiger partial charge in [-0.2, -0.15) is 5.10 Å². The molecule has 0 radical (unpaired) electrons. The zero-order valence-corrected chi connectivity index (χ0v) is 9.91. The van der Waals surface area contributed by atoms with Gasteiger partial charge in [0, 0.05) is 12.8 Å². The number of amides is 1. The molecule has 17 heavy (non-hydrogen) atoms. The molecule has 1 fully saturated rings. The number of hydrogen-bond donors (Lipinski definition) is 1. The van der Waals surface area contributed by atoms with Gasteiger partial charge in [-0.3, -0.25) is 4.79 Å². The average molecular weight is 238 g/mol. The maximum Gasteiger partial charge on any atom is 0.354 e. The van der Waals surface area contributed by atoms with Crippen molar-refractivity contribution in [3.63, 3.8) is 0 Å². The summed E-state index contributed by atoms with van der Waals surface area (Å²) in [5.74, 6) is -0.0177. The molecule has 0 aromatic heterocycles. The van der Waals surface area contributed by atoms with Crippen LogP contribution in [-0.4, -0.2) is 24.2 Å². The summed E-state index contributed by atoms with van der Waals surface area (Å²) in [6.45, 7) is 0.492. The molecule has 0 aromatic carbocycles. The number of esters is 1. The summed E-state index contributed by atoms with van der Waals surface area (Å²) in [5, 5.41) is 3.72. The Morgan fingerprint density at radius 3 is 2.71 bits per heavy atom. The summed E-state index contributed by atoms with van der Waals surface area (Å²) >= 11 is 0. The van der Waals surface area contributed by atoms with E-state index < -0.39 is 0 Å². The van der Waals surface area contributed by atoms with Gasteiger partial charge in [-0.25, -0.2) is 10.2 Å². The SMILES string of the molecule is O=C1CCC(C(=O)OCC2CCCCC2)=NN1. The van der Waals surface area contributed by atoms with Crippen LogP contribution in [0.25, 0.3) is 0 Å². The van der Waals surface area contributed by atoms with Crippen molar-refractivity contribution < 1.29 is 14.3 Å². The van der Waals surface area contributed by atoms with Crippen molar-refractivity contribution in [3.8, 4) is 0 Å². The molecule has 1 saturated carbocycles. The molecule has 0 saturated heterocycles. The van der Waals surface area contributed by atoms with Gasteiger partial charge >= 0.3 is 5.97 Å². The third-order valence-electron chi connectivity index (χ3n) is 3.31. The first kappa shape index (κ1) is 12.1. The van der Waals surface area contributed by atoms with Crippen LogP contribution in [0.3, 0.4) is 0 Å². The van der Waals surface area contributed by atoms with Crippen LogP contribution in [0.4, 0.5) is 0 Å². The minimum atomic E-state index is -0.379. The smallest absolute Gasteiger partial charge is 0.354 e. The van der Waals surface area contributed by atoms with Crippen LogP contribution < -0.4 is 5.43 Å².